The number of hydrogen-bond acceptors (Lipinski definition) is 3. The first-order valence-electron chi connectivity index (χ1n) is 7.95. The van der Waals surface area contributed by atoms with Crippen molar-refractivity contribution < 1.29 is 9.53 Å². The van der Waals surface area contributed by atoms with Crippen molar-refractivity contribution in [1.29, 1.82) is 0 Å². The molecular weight excluding hydrogens is 312 g/mol. The lowest BCUT2D eigenvalue weighted by Crippen LogP contribution is -2.07. The number of aromatic nitrogens is 1. The van der Waals surface area contributed by atoms with Crippen LogP contribution in [0.1, 0.15) is 11.1 Å². The van der Waals surface area contributed by atoms with Gasteiger partial charge in [0, 0.05) is 24.2 Å². The summed E-state index contributed by atoms with van der Waals surface area (Å²) in [5.41, 5.74) is 2.76. The molecule has 0 bridgehead atoms. The Morgan fingerprint density at radius 1 is 0.960 bits per heavy atom. The van der Waals surface area contributed by atoms with E-state index in [1.54, 1.807) is 18.5 Å². The van der Waals surface area contributed by atoms with E-state index in [4.69, 9.17) is 4.74 Å². The number of amides is 1. The number of carbonyl (C=O) groups excluding carboxylic acids is 1. The van der Waals surface area contributed by atoms with Crippen LogP contribution in [0.25, 0.3) is 6.08 Å². The summed E-state index contributed by atoms with van der Waals surface area (Å²) in [7, 11) is 0. The number of rotatable bonds is 6. The molecule has 0 aliphatic carbocycles. The number of hydrogen-bond donors (Lipinski definition) is 1. The highest BCUT2D eigenvalue weighted by Crippen LogP contribution is 2.17. The number of anilines is 1. The van der Waals surface area contributed by atoms with Gasteiger partial charge in [0.05, 0.1) is 0 Å². The highest BCUT2D eigenvalue weighted by molar-refractivity contribution is 6.01. The molecule has 1 amide bonds. The lowest BCUT2D eigenvalue weighted by atomic mass is 10.2. The lowest BCUT2D eigenvalue weighted by Gasteiger charge is -2.07. The molecule has 0 atom stereocenters. The molecule has 0 aliphatic rings. The molecule has 0 saturated carbocycles. The van der Waals surface area contributed by atoms with Crippen molar-refractivity contribution in [2.75, 3.05) is 5.32 Å². The number of nitrogens with zero attached hydrogens (tertiary/aromatic N) is 1. The van der Waals surface area contributed by atoms with Crippen LogP contribution >= 0.6 is 0 Å². The zero-order chi connectivity index (χ0) is 17.3. The molecule has 4 heteroatoms. The smallest absolute Gasteiger partial charge is 0.248 e. The van der Waals surface area contributed by atoms with Gasteiger partial charge < -0.3 is 10.1 Å². The monoisotopic (exact) mass is 330 g/mol. The molecular formula is C21H18N2O2. The van der Waals surface area contributed by atoms with Crippen molar-refractivity contribution in [3.05, 3.63) is 96.3 Å². The molecule has 2 aromatic carbocycles. The summed E-state index contributed by atoms with van der Waals surface area (Å²) < 4.78 is 5.72. The van der Waals surface area contributed by atoms with E-state index in [1.165, 1.54) is 6.08 Å². The molecule has 0 radical (unpaired) electrons. The summed E-state index contributed by atoms with van der Waals surface area (Å²) in [6, 6.07) is 21.0. The third kappa shape index (κ3) is 5.32. The van der Waals surface area contributed by atoms with Crippen molar-refractivity contribution >= 4 is 17.7 Å². The van der Waals surface area contributed by atoms with Gasteiger partial charge in [0.25, 0.3) is 0 Å². The summed E-state index contributed by atoms with van der Waals surface area (Å²) in [6.45, 7) is 0.515. The Labute approximate surface area is 146 Å². The van der Waals surface area contributed by atoms with Gasteiger partial charge in [-0.25, -0.2) is 0 Å². The fourth-order valence-electron chi connectivity index (χ4n) is 2.21. The predicted molar refractivity (Wildman–Crippen MR) is 99.1 cm³/mol. The molecule has 0 saturated heterocycles. The second kappa shape index (κ2) is 8.45. The van der Waals surface area contributed by atoms with Crippen molar-refractivity contribution in [2.24, 2.45) is 0 Å². The second-order valence-electron chi connectivity index (χ2n) is 5.40. The highest BCUT2D eigenvalue weighted by atomic mass is 16.5. The SMILES string of the molecule is O=C(/C=C/c1ccncc1)Nc1ccc(OCc2ccccc2)cc1. The first-order valence-corrected chi connectivity index (χ1v) is 7.95. The van der Waals surface area contributed by atoms with Crippen LogP contribution < -0.4 is 10.1 Å². The number of nitrogens with one attached hydrogen (secondary N) is 1. The summed E-state index contributed by atoms with van der Waals surface area (Å²) in [4.78, 5) is 15.9. The number of carbonyl (C=O) groups is 1. The zero-order valence-electron chi connectivity index (χ0n) is 13.6. The third-order valence-corrected chi connectivity index (χ3v) is 3.50. The van der Waals surface area contributed by atoms with Crippen LogP contribution in [0.4, 0.5) is 5.69 Å². The molecule has 25 heavy (non-hydrogen) atoms. The Balaban J connectivity index is 1.52. The minimum Gasteiger partial charge on any atom is -0.489 e. The van der Waals surface area contributed by atoms with Gasteiger partial charge in [0.1, 0.15) is 12.4 Å². The minimum atomic E-state index is -0.185. The van der Waals surface area contributed by atoms with Gasteiger partial charge in [-0.2, -0.15) is 0 Å². The topological polar surface area (TPSA) is 51.2 Å². The molecule has 0 spiro atoms. The zero-order valence-corrected chi connectivity index (χ0v) is 13.6. The van der Waals surface area contributed by atoms with E-state index in [1.807, 2.05) is 66.7 Å². The Morgan fingerprint density at radius 2 is 1.68 bits per heavy atom. The van der Waals surface area contributed by atoms with E-state index in [0.29, 0.717) is 6.61 Å². The van der Waals surface area contributed by atoms with E-state index < -0.39 is 0 Å². The Bertz CT molecular complexity index is 829. The Kier molecular flexibility index (Phi) is 5.56. The highest BCUT2D eigenvalue weighted by Gasteiger charge is 2.00. The second-order valence-corrected chi connectivity index (χ2v) is 5.40. The maximum Gasteiger partial charge on any atom is 0.248 e. The van der Waals surface area contributed by atoms with Gasteiger partial charge in [-0.05, 0) is 53.6 Å². The van der Waals surface area contributed by atoms with Gasteiger partial charge in [-0.3, -0.25) is 9.78 Å². The van der Waals surface area contributed by atoms with Crippen LogP contribution in [0.2, 0.25) is 0 Å². The lowest BCUT2D eigenvalue weighted by molar-refractivity contribution is -0.111. The van der Waals surface area contributed by atoms with E-state index in [2.05, 4.69) is 10.3 Å². The fraction of sp³-hybridized carbons (Fsp3) is 0.0476. The van der Waals surface area contributed by atoms with E-state index in [9.17, 15) is 4.79 Å². The first kappa shape index (κ1) is 16.5. The molecule has 1 N–H and O–H groups in total. The third-order valence-electron chi connectivity index (χ3n) is 3.50. The van der Waals surface area contributed by atoms with Gasteiger partial charge in [-0.15, -0.1) is 0 Å². The maximum atomic E-state index is 11.9. The predicted octanol–water partition coefficient (Wildman–Crippen LogP) is 4.31. The molecule has 3 rings (SSSR count). The molecule has 0 fully saturated rings. The molecule has 1 heterocycles. The van der Waals surface area contributed by atoms with Crippen molar-refractivity contribution in [2.45, 2.75) is 6.61 Å². The summed E-state index contributed by atoms with van der Waals surface area (Å²) in [5, 5.41) is 2.82. The van der Waals surface area contributed by atoms with Crippen molar-refractivity contribution in [1.82, 2.24) is 4.98 Å². The number of benzene rings is 2. The van der Waals surface area contributed by atoms with E-state index in [0.717, 1.165) is 22.6 Å². The van der Waals surface area contributed by atoms with Gasteiger partial charge in [0.15, 0.2) is 0 Å². The van der Waals surface area contributed by atoms with Gasteiger partial charge >= 0.3 is 0 Å². The van der Waals surface area contributed by atoms with Crippen LogP contribution in [-0.4, -0.2) is 10.9 Å². The Hall–Kier alpha value is -3.40. The normalized spacial score (nSPS) is 10.6. The summed E-state index contributed by atoms with van der Waals surface area (Å²) in [5.74, 6) is 0.573. The molecule has 1 aromatic heterocycles. The first-order chi connectivity index (χ1) is 12.3. The van der Waals surface area contributed by atoms with Crippen molar-refractivity contribution in [3.63, 3.8) is 0 Å². The fourth-order valence-corrected chi connectivity index (χ4v) is 2.21. The van der Waals surface area contributed by atoms with Crippen LogP contribution in [0.5, 0.6) is 5.75 Å². The average molecular weight is 330 g/mol. The quantitative estimate of drug-likeness (QED) is 0.685. The van der Waals surface area contributed by atoms with Gasteiger partial charge in [-0.1, -0.05) is 30.3 Å². The van der Waals surface area contributed by atoms with Crippen molar-refractivity contribution in [3.8, 4) is 5.75 Å². The van der Waals surface area contributed by atoms with E-state index >= 15 is 0 Å². The maximum absolute atomic E-state index is 11.9. The average Bonchev–Trinajstić information content (AvgIpc) is 2.67. The largest absolute Gasteiger partial charge is 0.489 e. The summed E-state index contributed by atoms with van der Waals surface area (Å²) in [6.07, 6.45) is 6.61. The van der Waals surface area contributed by atoms with Crippen LogP contribution in [-0.2, 0) is 11.4 Å². The van der Waals surface area contributed by atoms with Gasteiger partial charge in [0.2, 0.25) is 5.91 Å². The standard InChI is InChI=1S/C21H18N2O2/c24-21(11-6-17-12-14-22-15-13-17)23-19-7-9-20(10-8-19)25-16-18-4-2-1-3-5-18/h1-15H,16H2,(H,23,24)/b11-6+. The number of pyridine rings is 1. The van der Waals surface area contributed by atoms with E-state index in [-0.39, 0.29) is 5.91 Å². The summed E-state index contributed by atoms with van der Waals surface area (Å²) >= 11 is 0. The number of ether oxygens (including phenoxy) is 1. The van der Waals surface area contributed by atoms with Crippen LogP contribution in [0.15, 0.2) is 85.2 Å². The minimum absolute atomic E-state index is 0.185. The van der Waals surface area contributed by atoms with Crippen LogP contribution in [0, 0.1) is 0 Å². The molecule has 124 valence electrons. The Morgan fingerprint density at radius 3 is 2.40 bits per heavy atom. The molecule has 3 aromatic rings. The molecule has 0 aliphatic heterocycles. The van der Waals surface area contributed by atoms with Crippen LogP contribution in [0.3, 0.4) is 0 Å². The molecule has 0 unspecified atom stereocenters. The molecule has 4 nitrogen and oxygen atoms in total.